The van der Waals surface area contributed by atoms with Crippen LogP contribution in [0.3, 0.4) is 0 Å². The summed E-state index contributed by atoms with van der Waals surface area (Å²) in [5, 5.41) is 6.87. The van der Waals surface area contributed by atoms with Gasteiger partial charge in [-0.2, -0.15) is 5.10 Å². The van der Waals surface area contributed by atoms with Gasteiger partial charge in [0.2, 0.25) is 5.91 Å². The van der Waals surface area contributed by atoms with Gasteiger partial charge in [0, 0.05) is 13.5 Å². The molecule has 1 heterocycles. The zero-order chi connectivity index (χ0) is 13.7. The van der Waals surface area contributed by atoms with E-state index in [1.54, 1.807) is 4.90 Å². The smallest absolute Gasteiger partial charge is 0.222 e. The van der Waals surface area contributed by atoms with Crippen molar-refractivity contribution in [2.45, 2.75) is 58.4 Å². The maximum absolute atomic E-state index is 12.2. The predicted molar refractivity (Wildman–Crippen MR) is 73.4 cm³/mol. The van der Waals surface area contributed by atoms with E-state index in [2.05, 4.69) is 15.2 Å². The number of hydrogen-bond acceptors (Lipinski definition) is 3. The highest BCUT2D eigenvalue weighted by Gasteiger charge is 2.19. The summed E-state index contributed by atoms with van der Waals surface area (Å²) in [6.07, 6.45) is 8.32. The normalized spacial score (nSPS) is 17.2. The summed E-state index contributed by atoms with van der Waals surface area (Å²) in [7, 11) is 1.84. The van der Waals surface area contributed by atoms with Gasteiger partial charge in [0.05, 0.1) is 6.54 Å². The average Bonchev–Trinajstić information content (AvgIpc) is 2.64. The van der Waals surface area contributed by atoms with Crippen molar-refractivity contribution >= 4 is 5.91 Å². The molecule has 19 heavy (non-hydrogen) atoms. The second-order valence-electron chi connectivity index (χ2n) is 5.65. The quantitative estimate of drug-likeness (QED) is 0.850. The van der Waals surface area contributed by atoms with Gasteiger partial charge in [-0.3, -0.25) is 9.89 Å². The molecule has 1 aromatic heterocycles. The van der Waals surface area contributed by atoms with Crippen LogP contribution in [0.4, 0.5) is 0 Å². The topological polar surface area (TPSA) is 61.9 Å². The third-order valence-electron chi connectivity index (χ3n) is 3.89. The van der Waals surface area contributed by atoms with Crippen molar-refractivity contribution < 1.29 is 4.79 Å². The van der Waals surface area contributed by atoms with Crippen molar-refractivity contribution in [3.05, 3.63) is 11.6 Å². The number of amides is 1. The Morgan fingerprint density at radius 3 is 2.58 bits per heavy atom. The summed E-state index contributed by atoms with van der Waals surface area (Å²) >= 11 is 0. The van der Waals surface area contributed by atoms with Crippen molar-refractivity contribution in [3.63, 3.8) is 0 Å². The Kier molecular flexibility index (Phi) is 4.93. The van der Waals surface area contributed by atoms with Crippen LogP contribution >= 0.6 is 0 Å². The summed E-state index contributed by atoms with van der Waals surface area (Å²) in [4.78, 5) is 18.2. The molecule has 2 rings (SSSR count). The van der Waals surface area contributed by atoms with E-state index in [1.807, 2.05) is 14.0 Å². The number of aryl methyl sites for hydroxylation is 1. The number of aromatic amines is 1. The Hall–Kier alpha value is -1.39. The second kappa shape index (κ2) is 6.68. The van der Waals surface area contributed by atoms with E-state index in [1.165, 1.54) is 38.5 Å². The minimum absolute atomic E-state index is 0.217. The lowest BCUT2D eigenvalue weighted by atomic mass is 9.96. The maximum atomic E-state index is 12.2. The molecule has 0 saturated heterocycles. The Bertz CT molecular complexity index is 407. The van der Waals surface area contributed by atoms with E-state index in [0.29, 0.717) is 24.7 Å². The van der Waals surface area contributed by atoms with Crippen LogP contribution in [0.25, 0.3) is 0 Å². The number of carbonyl (C=O) groups excluding carboxylic acids is 1. The van der Waals surface area contributed by atoms with Crippen LogP contribution in [0.5, 0.6) is 0 Å². The fraction of sp³-hybridized carbons (Fsp3) is 0.786. The summed E-state index contributed by atoms with van der Waals surface area (Å²) in [5.74, 6) is 2.27. The first-order valence-electron chi connectivity index (χ1n) is 7.27. The highest BCUT2D eigenvalue weighted by Crippen LogP contribution is 2.25. The Morgan fingerprint density at radius 1 is 1.32 bits per heavy atom. The molecule has 1 saturated carbocycles. The first-order valence-corrected chi connectivity index (χ1v) is 7.27. The van der Waals surface area contributed by atoms with Crippen LogP contribution < -0.4 is 0 Å². The first-order chi connectivity index (χ1) is 9.15. The second-order valence-corrected chi connectivity index (χ2v) is 5.65. The van der Waals surface area contributed by atoms with Gasteiger partial charge in [0.15, 0.2) is 5.82 Å². The highest BCUT2D eigenvalue weighted by molar-refractivity contribution is 5.76. The predicted octanol–water partition coefficient (Wildman–Crippen LogP) is 2.43. The van der Waals surface area contributed by atoms with Gasteiger partial charge in [0.25, 0.3) is 0 Å². The summed E-state index contributed by atoms with van der Waals surface area (Å²) in [6.45, 7) is 2.36. The molecule has 0 aromatic carbocycles. The number of nitrogens with zero attached hydrogens (tertiary/aromatic N) is 3. The van der Waals surface area contributed by atoms with Crippen LogP contribution in [-0.2, 0) is 11.3 Å². The van der Waals surface area contributed by atoms with Gasteiger partial charge in [-0.25, -0.2) is 4.98 Å². The molecule has 0 aliphatic heterocycles. The number of H-pyrrole nitrogens is 1. The Balaban J connectivity index is 1.81. The van der Waals surface area contributed by atoms with E-state index >= 15 is 0 Å². The molecule has 1 amide bonds. The van der Waals surface area contributed by atoms with Crippen molar-refractivity contribution in [2.24, 2.45) is 5.92 Å². The largest absolute Gasteiger partial charge is 0.338 e. The molecule has 0 unspecified atom stereocenters. The molecular formula is C14H24N4O. The molecule has 1 aliphatic carbocycles. The lowest BCUT2D eigenvalue weighted by molar-refractivity contribution is -0.131. The molecule has 0 radical (unpaired) electrons. The molecule has 5 heteroatoms. The van der Waals surface area contributed by atoms with Crippen molar-refractivity contribution in [2.75, 3.05) is 7.05 Å². The van der Waals surface area contributed by atoms with Crippen molar-refractivity contribution in [3.8, 4) is 0 Å². The van der Waals surface area contributed by atoms with E-state index in [4.69, 9.17) is 0 Å². The third-order valence-corrected chi connectivity index (χ3v) is 3.89. The van der Waals surface area contributed by atoms with Gasteiger partial charge >= 0.3 is 0 Å². The van der Waals surface area contributed by atoms with Crippen LogP contribution in [-0.4, -0.2) is 33.0 Å². The van der Waals surface area contributed by atoms with E-state index in [-0.39, 0.29) is 5.91 Å². The van der Waals surface area contributed by atoms with Crippen LogP contribution in [0.15, 0.2) is 0 Å². The van der Waals surface area contributed by atoms with E-state index < -0.39 is 0 Å². The number of hydrogen-bond donors (Lipinski definition) is 1. The first kappa shape index (κ1) is 14.0. The SMILES string of the molecule is Cc1nc(CN(C)C(=O)CC2CCCCCC2)n[nH]1. The Morgan fingerprint density at radius 2 is 2.00 bits per heavy atom. The molecule has 1 aromatic rings. The minimum atomic E-state index is 0.217. The summed E-state index contributed by atoms with van der Waals surface area (Å²) in [6, 6.07) is 0. The minimum Gasteiger partial charge on any atom is -0.338 e. The number of rotatable bonds is 4. The average molecular weight is 264 g/mol. The Labute approximate surface area is 114 Å². The van der Waals surface area contributed by atoms with E-state index in [9.17, 15) is 4.79 Å². The van der Waals surface area contributed by atoms with Gasteiger partial charge < -0.3 is 4.90 Å². The monoisotopic (exact) mass is 264 g/mol. The number of nitrogens with one attached hydrogen (secondary N) is 1. The molecule has 0 atom stereocenters. The lowest BCUT2D eigenvalue weighted by Gasteiger charge is -2.19. The van der Waals surface area contributed by atoms with Gasteiger partial charge in [0.1, 0.15) is 5.82 Å². The third kappa shape index (κ3) is 4.33. The zero-order valence-electron chi connectivity index (χ0n) is 12.0. The number of aromatic nitrogens is 3. The van der Waals surface area contributed by atoms with Crippen molar-refractivity contribution in [1.29, 1.82) is 0 Å². The zero-order valence-corrected chi connectivity index (χ0v) is 12.0. The van der Waals surface area contributed by atoms with Crippen LogP contribution in [0.1, 0.15) is 56.6 Å². The molecule has 1 aliphatic rings. The molecular weight excluding hydrogens is 240 g/mol. The molecule has 1 fully saturated rings. The molecule has 0 bridgehead atoms. The number of carbonyl (C=O) groups is 1. The summed E-state index contributed by atoms with van der Waals surface area (Å²) < 4.78 is 0. The molecule has 106 valence electrons. The van der Waals surface area contributed by atoms with Gasteiger partial charge in [-0.15, -0.1) is 0 Å². The van der Waals surface area contributed by atoms with Gasteiger partial charge in [-0.05, 0) is 25.7 Å². The lowest BCUT2D eigenvalue weighted by Crippen LogP contribution is -2.28. The fourth-order valence-corrected chi connectivity index (χ4v) is 2.73. The van der Waals surface area contributed by atoms with Crippen LogP contribution in [0.2, 0.25) is 0 Å². The molecule has 1 N–H and O–H groups in total. The summed E-state index contributed by atoms with van der Waals surface area (Å²) in [5.41, 5.74) is 0. The maximum Gasteiger partial charge on any atom is 0.222 e. The molecule has 0 spiro atoms. The van der Waals surface area contributed by atoms with Crippen LogP contribution in [0, 0.1) is 12.8 Å². The fourth-order valence-electron chi connectivity index (χ4n) is 2.73. The standard InChI is InChI=1S/C14H24N4O/c1-11-15-13(17-16-11)10-18(2)14(19)9-12-7-5-3-4-6-8-12/h12H,3-10H2,1-2H3,(H,15,16,17). The van der Waals surface area contributed by atoms with E-state index in [0.717, 1.165) is 5.82 Å². The van der Waals surface area contributed by atoms with Crippen molar-refractivity contribution in [1.82, 2.24) is 20.1 Å². The molecule has 5 nitrogen and oxygen atoms in total. The highest BCUT2D eigenvalue weighted by atomic mass is 16.2. The van der Waals surface area contributed by atoms with Gasteiger partial charge in [-0.1, -0.05) is 25.7 Å².